The lowest BCUT2D eigenvalue weighted by Crippen LogP contribution is -2.35. The molecule has 2 amide bonds. The Balaban J connectivity index is 2.89. The van der Waals surface area contributed by atoms with Crippen LogP contribution in [0, 0.1) is 6.92 Å². The molecule has 4 nitrogen and oxygen atoms in total. The summed E-state index contributed by atoms with van der Waals surface area (Å²) in [6, 6.07) is 6.82. The molecule has 0 unspecified atom stereocenters. The Hall–Kier alpha value is -1.68. The number of amides is 2. The van der Waals surface area contributed by atoms with Crippen molar-refractivity contribution in [1.29, 1.82) is 0 Å². The van der Waals surface area contributed by atoms with Crippen molar-refractivity contribution in [3.8, 4) is 0 Å². The van der Waals surface area contributed by atoms with Crippen LogP contribution in [0.5, 0.6) is 0 Å². The summed E-state index contributed by atoms with van der Waals surface area (Å²) in [5, 5.41) is 0.519. The fourth-order valence-corrected chi connectivity index (χ4v) is 0.893. The van der Waals surface area contributed by atoms with Crippen LogP contribution in [0.4, 0.5) is 0 Å². The minimum atomic E-state index is -0.505. The molecule has 1 rings (SSSR count). The summed E-state index contributed by atoms with van der Waals surface area (Å²) in [5.74, 6) is 4.60. The van der Waals surface area contributed by atoms with Gasteiger partial charge in [-0.15, -0.1) is 0 Å². The molecule has 0 aliphatic rings. The number of carbonyl (C=O) groups is 2. The molecule has 1 aromatic carbocycles. The van der Waals surface area contributed by atoms with E-state index in [4.69, 9.17) is 5.84 Å². The second-order valence-corrected chi connectivity index (χ2v) is 2.68. The number of carbonyl (C=O) groups excluding carboxylic acids is 2. The standard InChI is InChI=1S/C9H10N2O2/c1-7-2-4-8(5-3-7)9(13)11(10)6-12/h2-6H,10H2,1H3. The Morgan fingerprint density at radius 2 is 1.92 bits per heavy atom. The normalized spacial score (nSPS) is 9.38. The van der Waals surface area contributed by atoms with Gasteiger partial charge in [-0.25, -0.2) is 10.9 Å². The fraction of sp³-hybridized carbons (Fsp3) is 0.111. The van der Waals surface area contributed by atoms with E-state index < -0.39 is 5.91 Å². The third-order valence-corrected chi connectivity index (χ3v) is 1.65. The molecule has 0 aliphatic heterocycles. The Bertz CT molecular complexity index is 319. The molecule has 0 radical (unpaired) electrons. The van der Waals surface area contributed by atoms with Gasteiger partial charge in [-0.1, -0.05) is 17.7 Å². The van der Waals surface area contributed by atoms with Crippen molar-refractivity contribution < 1.29 is 9.59 Å². The van der Waals surface area contributed by atoms with Crippen LogP contribution in [0.2, 0.25) is 0 Å². The zero-order valence-corrected chi connectivity index (χ0v) is 7.23. The molecule has 4 heteroatoms. The number of imide groups is 1. The molecular formula is C9H10N2O2. The van der Waals surface area contributed by atoms with E-state index >= 15 is 0 Å². The number of hydrogen-bond donors (Lipinski definition) is 1. The third kappa shape index (κ3) is 2.13. The molecule has 68 valence electrons. The summed E-state index contributed by atoms with van der Waals surface area (Å²) in [6.07, 6.45) is 0.280. The van der Waals surface area contributed by atoms with E-state index in [0.717, 1.165) is 5.56 Å². The first-order valence-electron chi connectivity index (χ1n) is 3.75. The Labute approximate surface area is 75.9 Å². The molecule has 0 fully saturated rings. The van der Waals surface area contributed by atoms with Crippen LogP contribution >= 0.6 is 0 Å². The summed E-state index contributed by atoms with van der Waals surface area (Å²) in [7, 11) is 0. The van der Waals surface area contributed by atoms with Gasteiger partial charge in [0.05, 0.1) is 0 Å². The maximum atomic E-state index is 11.3. The second kappa shape index (κ2) is 3.82. The van der Waals surface area contributed by atoms with Gasteiger partial charge in [0.25, 0.3) is 5.91 Å². The quantitative estimate of drug-likeness (QED) is 0.310. The van der Waals surface area contributed by atoms with Crippen LogP contribution in [-0.4, -0.2) is 17.3 Å². The maximum absolute atomic E-state index is 11.3. The molecule has 13 heavy (non-hydrogen) atoms. The summed E-state index contributed by atoms with van der Waals surface area (Å²) in [5.41, 5.74) is 1.45. The fourth-order valence-electron chi connectivity index (χ4n) is 0.893. The van der Waals surface area contributed by atoms with Crippen molar-refractivity contribution in [2.45, 2.75) is 6.92 Å². The van der Waals surface area contributed by atoms with Gasteiger partial charge in [-0.2, -0.15) is 0 Å². The van der Waals surface area contributed by atoms with E-state index in [1.54, 1.807) is 24.3 Å². The molecule has 0 aliphatic carbocycles. The second-order valence-electron chi connectivity index (χ2n) is 2.68. The summed E-state index contributed by atoms with van der Waals surface area (Å²) in [6.45, 7) is 1.91. The first-order chi connectivity index (χ1) is 6.15. The first-order valence-corrected chi connectivity index (χ1v) is 3.75. The highest BCUT2D eigenvalue weighted by atomic mass is 16.2. The third-order valence-electron chi connectivity index (χ3n) is 1.65. The van der Waals surface area contributed by atoms with E-state index in [1.807, 2.05) is 6.92 Å². The zero-order chi connectivity index (χ0) is 9.84. The lowest BCUT2D eigenvalue weighted by molar-refractivity contribution is -0.116. The van der Waals surface area contributed by atoms with E-state index in [2.05, 4.69) is 0 Å². The van der Waals surface area contributed by atoms with Crippen LogP contribution in [-0.2, 0) is 4.79 Å². The number of hydrazine groups is 1. The van der Waals surface area contributed by atoms with Crippen molar-refractivity contribution >= 4 is 12.3 Å². The Morgan fingerprint density at radius 1 is 1.38 bits per heavy atom. The number of benzene rings is 1. The lowest BCUT2D eigenvalue weighted by Gasteiger charge is -2.07. The summed E-state index contributed by atoms with van der Waals surface area (Å²) in [4.78, 5) is 21.4. The molecule has 0 saturated heterocycles. The van der Waals surface area contributed by atoms with Gasteiger partial charge in [0, 0.05) is 5.56 Å². The minimum Gasteiger partial charge on any atom is -0.277 e. The number of aryl methyl sites for hydroxylation is 1. The largest absolute Gasteiger partial charge is 0.277 e. The number of hydrogen-bond acceptors (Lipinski definition) is 3. The van der Waals surface area contributed by atoms with Gasteiger partial charge in [-0.05, 0) is 19.1 Å². The minimum absolute atomic E-state index is 0.280. The molecule has 0 heterocycles. The highest BCUT2D eigenvalue weighted by Gasteiger charge is 2.09. The topological polar surface area (TPSA) is 63.4 Å². The van der Waals surface area contributed by atoms with Gasteiger partial charge in [0.15, 0.2) is 0 Å². The average molecular weight is 178 g/mol. The maximum Gasteiger partial charge on any atom is 0.274 e. The van der Waals surface area contributed by atoms with Crippen molar-refractivity contribution in [3.63, 3.8) is 0 Å². The van der Waals surface area contributed by atoms with Gasteiger partial charge in [-0.3, -0.25) is 9.59 Å². The molecule has 0 saturated carbocycles. The number of rotatable bonds is 2. The predicted octanol–water partition coefficient (Wildman–Crippen LogP) is 0.467. The van der Waals surface area contributed by atoms with Gasteiger partial charge in [0.1, 0.15) is 0 Å². The van der Waals surface area contributed by atoms with Crippen LogP contribution in [0.25, 0.3) is 0 Å². The van der Waals surface area contributed by atoms with Crippen LogP contribution in [0.15, 0.2) is 24.3 Å². The molecule has 0 atom stereocenters. The van der Waals surface area contributed by atoms with Crippen LogP contribution in [0.3, 0.4) is 0 Å². The van der Waals surface area contributed by atoms with E-state index in [1.165, 1.54) is 0 Å². The van der Waals surface area contributed by atoms with Gasteiger partial charge < -0.3 is 0 Å². The monoisotopic (exact) mass is 178 g/mol. The Kier molecular flexibility index (Phi) is 2.76. The lowest BCUT2D eigenvalue weighted by atomic mass is 10.1. The highest BCUT2D eigenvalue weighted by molar-refractivity contribution is 5.99. The summed E-state index contributed by atoms with van der Waals surface area (Å²) < 4.78 is 0. The number of nitrogens with two attached hydrogens (primary N) is 1. The van der Waals surface area contributed by atoms with Crippen molar-refractivity contribution in [3.05, 3.63) is 35.4 Å². The van der Waals surface area contributed by atoms with Crippen molar-refractivity contribution in [2.24, 2.45) is 5.84 Å². The molecule has 0 aromatic heterocycles. The smallest absolute Gasteiger partial charge is 0.274 e. The Morgan fingerprint density at radius 3 is 2.38 bits per heavy atom. The summed E-state index contributed by atoms with van der Waals surface area (Å²) >= 11 is 0. The average Bonchev–Trinajstić information content (AvgIpc) is 2.17. The molecular weight excluding hydrogens is 168 g/mol. The SMILES string of the molecule is Cc1ccc(C(=O)N(N)C=O)cc1. The van der Waals surface area contributed by atoms with E-state index in [0.29, 0.717) is 10.6 Å². The molecule has 0 bridgehead atoms. The van der Waals surface area contributed by atoms with Crippen molar-refractivity contribution in [2.75, 3.05) is 0 Å². The van der Waals surface area contributed by atoms with Gasteiger partial charge >= 0.3 is 0 Å². The molecule has 0 spiro atoms. The first kappa shape index (κ1) is 9.41. The molecule has 1 aromatic rings. The molecule has 2 N–H and O–H groups in total. The van der Waals surface area contributed by atoms with Crippen molar-refractivity contribution in [1.82, 2.24) is 5.01 Å². The van der Waals surface area contributed by atoms with Crippen LogP contribution < -0.4 is 5.84 Å². The van der Waals surface area contributed by atoms with Crippen LogP contribution in [0.1, 0.15) is 15.9 Å². The number of nitrogens with zero attached hydrogens (tertiary/aromatic N) is 1. The van der Waals surface area contributed by atoms with E-state index in [-0.39, 0.29) is 6.41 Å². The highest BCUT2D eigenvalue weighted by Crippen LogP contribution is 2.04. The van der Waals surface area contributed by atoms with Gasteiger partial charge in [0.2, 0.25) is 6.41 Å². The van der Waals surface area contributed by atoms with E-state index in [9.17, 15) is 9.59 Å². The zero-order valence-electron chi connectivity index (χ0n) is 7.23. The predicted molar refractivity (Wildman–Crippen MR) is 47.6 cm³/mol.